The second kappa shape index (κ2) is 6.75. The fourth-order valence-corrected chi connectivity index (χ4v) is 3.45. The van der Waals surface area contributed by atoms with Crippen molar-refractivity contribution in [2.75, 3.05) is 7.11 Å². The molecule has 0 radical (unpaired) electrons. The lowest BCUT2D eigenvalue weighted by Gasteiger charge is -2.26. The van der Waals surface area contributed by atoms with Gasteiger partial charge >= 0.3 is 0 Å². The van der Waals surface area contributed by atoms with Gasteiger partial charge < -0.3 is 19.4 Å². The van der Waals surface area contributed by atoms with E-state index < -0.39 is 0 Å². The summed E-state index contributed by atoms with van der Waals surface area (Å²) >= 11 is 0. The number of ether oxygens (including phenoxy) is 2. The number of hydrogen-bond donors (Lipinski definition) is 1. The van der Waals surface area contributed by atoms with Crippen molar-refractivity contribution in [2.45, 2.75) is 32.5 Å². The highest BCUT2D eigenvalue weighted by molar-refractivity contribution is 6.00. The van der Waals surface area contributed by atoms with Gasteiger partial charge in [-0.15, -0.1) is 0 Å². The smallest absolute Gasteiger partial charge is 0.268 e. The lowest BCUT2D eigenvalue weighted by atomic mass is 10.2. The Morgan fingerprint density at radius 3 is 2.92 bits per heavy atom. The molecule has 0 saturated carbocycles. The number of para-hydroxylation sites is 1. The Morgan fingerprint density at radius 2 is 2.12 bits per heavy atom. The van der Waals surface area contributed by atoms with Gasteiger partial charge in [0.1, 0.15) is 23.3 Å². The van der Waals surface area contributed by atoms with Crippen molar-refractivity contribution in [3.8, 4) is 11.5 Å². The van der Waals surface area contributed by atoms with E-state index in [-0.39, 0.29) is 12.0 Å². The van der Waals surface area contributed by atoms with Gasteiger partial charge in [0.05, 0.1) is 19.2 Å². The number of benzene rings is 2. The highest BCUT2D eigenvalue weighted by Gasteiger charge is 2.25. The molecule has 2 heterocycles. The summed E-state index contributed by atoms with van der Waals surface area (Å²) < 4.78 is 13.4. The van der Waals surface area contributed by atoms with E-state index in [9.17, 15) is 4.79 Å². The zero-order valence-corrected chi connectivity index (χ0v) is 15.0. The molecular weight excluding hydrogens is 328 g/mol. The topological polar surface area (TPSA) is 52.5 Å². The van der Waals surface area contributed by atoms with Gasteiger partial charge in [-0.25, -0.2) is 0 Å². The maximum absolute atomic E-state index is 12.8. The summed E-state index contributed by atoms with van der Waals surface area (Å²) in [4.78, 5) is 12.8. The van der Waals surface area contributed by atoms with Crippen molar-refractivity contribution >= 4 is 16.8 Å². The first kappa shape index (κ1) is 16.5. The Kier molecular flexibility index (Phi) is 4.29. The maximum Gasteiger partial charge on any atom is 0.268 e. The van der Waals surface area contributed by atoms with Crippen LogP contribution in [0.3, 0.4) is 0 Å². The first-order valence-electron chi connectivity index (χ1n) is 8.89. The van der Waals surface area contributed by atoms with Gasteiger partial charge in [-0.2, -0.15) is 0 Å². The predicted molar refractivity (Wildman–Crippen MR) is 101 cm³/mol. The second-order valence-electron chi connectivity index (χ2n) is 6.52. The number of methoxy groups -OCH3 is 1. The largest absolute Gasteiger partial charge is 0.497 e. The number of hydrogen-bond acceptors (Lipinski definition) is 3. The van der Waals surface area contributed by atoms with Crippen molar-refractivity contribution in [3.63, 3.8) is 0 Å². The quantitative estimate of drug-likeness (QED) is 0.762. The van der Waals surface area contributed by atoms with Crippen LogP contribution in [0.1, 0.15) is 29.4 Å². The molecule has 5 heteroatoms. The molecule has 0 saturated heterocycles. The summed E-state index contributed by atoms with van der Waals surface area (Å²) in [7, 11) is 1.64. The van der Waals surface area contributed by atoms with Crippen molar-refractivity contribution in [3.05, 3.63) is 59.8 Å². The number of amides is 1. The molecule has 1 amide bonds. The van der Waals surface area contributed by atoms with Crippen LogP contribution < -0.4 is 14.8 Å². The molecule has 1 N–H and O–H groups in total. The van der Waals surface area contributed by atoms with Crippen LogP contribution in [0.5, 0.6) is 11.5 Å². The van der Waals surface area contributed by atoms with Crippen LogP contribution >= 0.6 is 0 Å². The molecule has 134 valence electrons. The molecule has 0 fully saturated rings. The number of aromatic nitrogens is 1. The molecule has 0 spiro atoms. The highest BCUT2D eigenvalue weighted by Crippen LogP contribution is 2.34. The molecule has 1 aliphatic rings. The van der Waals surface area contributed by atoms with Crippen LogP contribution in [-0.4, -0.2) is 23.7 Å². The summed E-state index contributed by atoms with van der Waals surface area (Å²) in [5.74, 6) is 1.56. The normalized spacial score (nSPS) is 15.5. The van der Waals surface area contributed by atoms with Crippen LogP contribution in [-0.2, 0) is 13.1 Å². The Balaban J connectivity index is 1.60. The number of nitrogens with zero attached hydrogens (tertiary/aromatic N) is 1. The van der Waals surface area contributed by atoms with E-state index in [1.165, 1.54) is 0 Å². The molecule has 1 aromatic heterocycles. The van der Waals surface area contributed by atoms with E-state index in [1.807, 2.05) is 48.5 Å². The lowest BCUT2D eigenvalue weighted by Crippen LogP contribution is -2.31. The van der Waals surface area contributed by atoms with Gasteiger partial charge in [0.25, 0.3) is 5.91 Å². The summed E-state index contributed by atoms with van der Waals surface area (Å²) in [6, 6.07) is 15.6. The van der Waals surface area contributed by atoms with Gasteiger partial charge in [-0.1, -0.05) is 31.2 Å². The maximum atomic E-state index is 12.8. The molecule has 5 nitrogen and oxygen atoms in total. The molecule has 1 atom stereocenters. The molecule has 0 aliphatic carbocycles. The Morgan fingerprint density at radius 1 is 1.27 bits per heavy atom. The van der Waals surface area contributed by atoms with Crippen molar-refractivity contribution in [1.82, 2.24) is 9.88 Å². The zero-order chi connectivity index (χ0) is 18.1. The number of carbonyl (C=O) groups excluding carboxylic acids is 1. The molecule has 26 heavy (non-hydrogen) atoms. The van der Waals surface area contributed by atoms with E-state index in [0.29, 0.717) is 18.8 Å². The van der Waals surface area contributed by atoms with Crippen molar-refractivity contribution in [1.29, 1.82) is 0 Å². The van der Waals surface area contributed by atoms with E-state index in [4.69, 9.17) is 9.47 Å². The third kappa shape index (κ3) is 2.90. The molecule has 0 bridgehead atoms. The summed E-state index contributed by atoms with van der Waals surface area (Å²) in [5.41, 5.74) is 2.68. The van der Waals surface area contributed by atoms with Gasteiger partial charge in [0, 0.05) is 11.9 Å². The summed E-state index contributed by atoms with van der Waals surface area (Å²) in [5, 5.41) is 4.05. The summed E-state index contributed by atoms with van der Waals surface area (Å²) in [6.45, 7) is 3.25. The second-order valence-corrected chi connectivity index (χ2v) is 6.52. The number of nitrogens with one attached hydrogen (secondary N) is 1. The average molecular weight is 350 g/mol. The number of rotatable bonds is 5. The fourth-order valence-electron chi connectivity index (χ4n) is 3.45. The van der Waals surface area contributed by atoms with Crippen LogP contribution in [0.2, 0.25) is 0 Å². The van der Waals surface area contributed by atoms with Crippen molar-refractivity contribution < 1.29 is 14.3 Å². The van der Waals surface area contributed by atoms with Crippen LogP contribution in [0.15, 0.2) is 48.5 Å². The number of carbonyl (C=O) groups is 1. The molecule has 1 aliphatic heterocycles. The zero-order valence-electron chi connectivity index (χ0n) is 15.0. The SMILES string of the molecule is CC[C@H]1Cn2c(C(=O)NCc3cccc(OC)c3)cc3cccc(c32)O1. The lowest BCUT2D eigenvalue weighted by molar-refractivity contribution is 0.0935. The summed E-state index contributed by atoms with van der Waals surface area (Å²) in [6.07, 6.45) is 0.990. The Labute approximate surface area is 152 Å². The van der Waals surface area contributed by atoms with Gasteiger partial charge in [0.15, 0.2) is 0 Å². The minimum atomic E-state index is -0.0771. The van der Waals surface area contributed by atoms with Crippen LogP contribution in [0.25, 0.3) is 10.9 Å². The molecule has 4 rings (SSSR count). The van der Waals surface area contributed by atoms with E-state index >= 15 is 0 Å². The van der Waals surface area contributed by atoms with E-state index in [0.717, 1.165) is 34.4 Å². The van der Waals surface area contributed by atoms with E-state index in [1.54, 1.807) is 7.11 Å². The third-order valence-corrected chi connectivity index (χ3v) is 4.84. The standard InChI is InChI=1S/C21H22N2O3/c1-3-16-13-23-18(11-15-7-5-9-19(26-16)20(15)23)21(24)22-12-14-6-4-8-17(10-14)25-2/h4-11,16H,3,12-13H2,1-2H3,(H,22,24)/t16-/m0/s1. The van der Waals surface area contributed by atoms with Gasteiger partial charge in [-0.3, -0.25) is 4.79 Å². The molecule has 3 aromatic rings. The Hall–Kier alpha value is -2.95. The first-order chi connectivity index (χ1) is 12.7. The fraction of sp³-hybridized carbons (Fsp3) is 0.286. The van der Waals surface area contributed by atoms with Gasteiger partial charge in [0.2, 0.25) is 0 Å². The van der Waals surface area contributed by atoms with Crippen LogP contribution in [0, 0.1) is 0 Å². The highest BCUT2D eigenvalue weighted by atomic mass is 16.5. The van der Waals surface area contributed by atoms with Crippen molar-refractivity contribution in [2.24, 2.45) is 0 Å². The van der Waals surface area contributed by atoms with Gasteiger partial charge in [-0.05, 0) is 36.2 Å². The predicted octanol–water partition coefficient (Wildman–Crippen LogP) is 3.75. The van der Waals surface area contributed by atoms with Crippen LogP contribution in [0.4, 0.5) is 0 Å². The minimum absolute atomic E-state index is 0.0771. The molecule has 0 unspecified atom stereocenters. The molecule has 2 aromatic carbocycles. The third-order valence-electron chi connectivity index (χ3n) is 4.84. The average Bonchev–Trinajstić information content (AvgIpc) is 3.06. The first-order valence-corrected chi connectivity index (χ1v) is 8.89. The molecular formula is C21H22N2O3. The van der Waals surface area contributed by atoms with E-state index in [2.05, 4.69) is 16.8 Å². The Bertz CT molecular complexity index is 961. The monoisotopic (exact) mass is 350 g/mol. The minimum Gasteiger partial charge on any atom is -0.497 e.